The van der Waals surface area contributed by atoms with E-state index in [-0.39, 0.29) is 12.1 Å². The van der Waals surface area contributed by atoms with Crippen LogP contribution in [-0.2, 0) is 13.0 Å². The van der Waals surface area contributed by atoms with Crippen molar-refractivity contribution in [3.8, 4) is 5.75 Å². The van der Waals surface area contributed by atoms with Gasteiger partial charge >= 0.3 is 0 Å². The first-order valence-electron chi connectivity index (χ1n) is 10.6. The van der Waals surface area contributed by atoms with E-state index in [9.17, 15) is 5.11 Å². The van der Waals surface area contributed by atoms with E-state index in [4.69, 9.17) is 9.72 Å². The van der Waals surface area contributed by atoms with Crippen LogP contribution in [0.15, 0.2) is 24.5 Å². The summed E-state index contributed by atoms with van der Waals surface area (Å²) in [6.45, 7) is 1.99. The zero-order valence-corrected chi connectivity index (χ0v) is 17.5. The molecule has 2 N–H and O–H groups in total. The number of hydrogen-bond acceptors (Lipinski definition) is 7. The van der Waals surface area contributed by atoms with Gasteiger partial charge in [-0.15, -0.1) is 0 Å². The van der Waals surface area contributed by atoms with Crippen molar-refractivity contribution in [1.82, 2.24) is 24.6 Å². The smallest absolute Gasteiger partial charge is 0.229 e. The van der Waals surface area contributed by atoms with Crippen LogP contribution in [0.25, 0.3) is 11.0 Å². The molecule has 0 amide bonds. The highest BCUT2D eigenvalue weighted by Gasteiger charge is 2.23. The number of nitrogens with zero attached hydrogens (tertiary/aromatic N) is 5. The fourth-order valence-corrected chi connectivity index (χ4v) is 4.58. The van der Waals surface area contributed by atoms with Gasteiger partial charge in [-0.25, -0.2) is 9.67 Å². The van der Waals surface area contributed by atoms with Gasteiger partial charge in [0.1, 0.15) is 5.75 Å². The number of benzene rings is 1. The van der Waals surface area contributed by atoms with Crippen LogP contribution in [0.5, 0.6) is 5.75 Å². The predicted octanol–water partition coefficient (Wildman–Crippen LogP) is 3.04. The number of aliphatic hydroxyl groups excluding tert-OH is 1. The molecule has 1 saturated carbocycles. The number of rotatable bonds is 4. The van der Waals surface area contributed by atoms with E-state index in [1.165, 1.54) is 11.1 Å². The van der Waals surface area contributed by atoms with Gasteiger partial charge < -0.3 is 20.1 Å². The molecule has 0 radical (unpaired) electrons. The highest BCUT2D eigenvalue weighted by molar-refractivity contribution is 5.76. The second-order valence-corrected chi connectivity index (χ2v) is 8.46. The van der Waals surface area contributed by atoms with Crippen molar-refractivity contribution in [3.05, 3.63) is 35.7 Å². The molecular formula is C22H28N6O2. The van der Waals surface area contributed by atoms with Gasteiger partial charge in [-0.3, -0.25) is 0 Å². The standard InChI is InChI=1S/C22H28N6O2/c1-27-8-7-14-10-20(30-2)19(9-15(14)13-27)25-22-23-11-16-12-24-28(21(16)26-22)17-3-5-18(29)6-4-17/h9-12,17-18,29H,3-8,13H2,1-2H3,(H,23,25,26)/t17-,18-. The Morgan fingerprint density at radius 1 is 1.13 bits per heavy atom. The van der Waals surface area contributed by atoms with Crippen LogP contribution >= 0.6 is 0 Å². The Morgan fingerprint density at radius 2 is 1.97 bits per heavy atom. The lowest BCUT2D eigenvalue weighted by molar-refractivity contribution is 0.109. The molecule has 1 aliphatic heterocycles. The summed E-state index contributed by atoms with van der Waals surface area (Å²) in [5.41, 5.74) is 4.34. The summed E-state index contributed by atoms with van der Waals surface area (Å²) in [6, 6.07) is 4.54. The summed E-state index contributed by atoms with van der Waals surface area (Å²) in [7, 11) is 3.83. The number of fused-ring (bicyclic) bond motifs is 2. The van der Waals surface area contributed by atoms with Crippen molar-refractivity contribution in [1.29, 1.82) is 0 Å². The van der Waals surface area contributed by atoms with Crippen LogP contribution < -0.4 is 10.1 Å². The molecule has 3 heterocycles. The number of hydrogen-bond donors (Lipinski definition) is 2. The van der Waals surface area contributed by atoms with Crippen LogP contribution in [0.4, 0.5) is 11.6 Å². The molecule has 0 spiro atoms. The van der Waals surface area contributed by atoms with Gasteiger partial charge in [0, 0.05) is 19.3 Å². The van der Waals surface area contributed by atoms with E-state index in [1.54, 1.807) is 7.11 Å². The van der Waals surface area contributed by atoms with E-state index >= 15 is 0 Å². The van der Waals surface area contributed by atoms with Crippen molar-refractivity contribution < 1.29 is 9.84 Å². The highest BCUT2D eigenvalue weighted by Crippen LogP contribution is 2.34. The number of methoxy groups -OCH3 is 1. The maximum absolute atomic E-state index is 9.82. The zero-order valence-electron chi connectivity index (χ0n) is 17.5. The molecule has 1 aromatic carbocycles. The van der Waals surface area contributed by atoms with Crippen molar-refractivity contribution in [2.75, 3.05) is 26.0 Å². The maximum atomic E-state index is 9.82. The number of ether oxygens (including phenoxy) is 1. The van der Waals surface area contributed by atoms with Crippen LogP contribution in [-0.4, -0.2) is 56.6 Å². The molecule has 0 unspecified atom stereocenters. The average molecular weight is 409 g/mol. The van der Waals surface area contributed by atoms with Gasteiger partial charge in [0.05, 0.1) is 36.5 Å². The second-order valence-electron chi connectivity index (χ2n) is 8.46. The lowest BCUT2D eigenvalue weighted by atomic mass is 9.93. The van der Waals surface area contributed by atoms with Gasteiger partial charge in [0.2, 0.25) is 5.95 Å². The summed E-state index contributed by atoms with van der Waals surface area (Å²) in [6.07, 6.45) is 7.91. The molecule has 1 aliphatic carbocycles. The first-order valence-corrected chi connectivity index (χ1v) is 10.6. The summed E-state index contributed by atoms with van der Waals surface area (Å²) >= 11 is 0. The molecule has 2 aromatic heterocycles. The molecule has 0 bridgehead atoms. The summed E-state index contributed by atoms with van der Waals surface area (Å²) in [5.74, 6) is 1.33. The molecule has 0 saturated heterocycles. The Bertz CT molecular complexity index is 1060. The molecule has 0 atom stereocenters. The largest absolute Gasteiger partial charge is 0.495 e. The number of aromatic nitrogens is 4. The molecule has 1 fully saturated rings. The lowest BCUT2D eigenvalue weighted by Gasteiger charge is -2.26. The van der Waals surface area contributed by atoms with Gasteiger partial charge in [-0.2, -0.15) is 10.1 Å². The third kappa shape index (κ3) is 3.61. The Kier molecular flexibility index (Phi) is 5.04. The molecule has 30 heavy (non-hydrogen) atoms. The number of nitrogens with one attached hydrogen (secondary N) is 1. The van der Waals surface area contributed by atoms with Gasteiger partial charge in [0.25, 0.3) is 0 Å². The molecular weight excluding hydrogens is 380 g/mol. The molecule has 158 valence electrons. The van der Waals surface area contributed by atoms with Crippen molar-refractivity contribution in [2.24, 2.45) is 0 Å². The minimum atomic E-state index is -0.189. The minimum Gasteiger partial charge on any atom is -0.495 e. The number of anilines is 2. The topological polar surface area (TPSA) is 88.3 Å². The average Bonchev–Trinajstić information content (AvgIpc) is 3.17. The third-order valence-corrected chi connectivity index (χ3v) is 6.32. The summed E-state index contributed by atoms with van der Waals surface area (Å²) < 4.78 is 7.63. The molecule has 5 rings (SSSR count). The second kappa shape index (κ2) is 7.85. The van der Waals surface area contributed by atoms with E-state index < -0.39 is 0 Å². The number of likely N-dealkylation sites (N-methyl/N-ethyl adjacent to an activating group) is 1. The van der Waals surface area contributed by atoms with Gasteiger partial charge in [-0.1, -0.05) is 0 Å². The minimum absolute atomic E-state index is 0.189. The van der Waals surface area contributed by atoms with E-state index in [1.807, 2.05) is 17.1 Å². The van der Waals surface area contributed by atoms with Gasteiger partial charge in [0.15, 0.2) is 5.65 Å². The molecule has 8 nitrogen and oxygen atoms in total. The van der Waals surface area contributed by atoms with Crippen molar-refractivity contribution >= 4 is 22.7 Å². The van der Waals surface area contributed by atoms with Crippen LogP contribution in [0.2, 0.25) is 0 Å². The van der Waals surface area contributed by atoms with E-state index in [0.717, 1.165) is 67.7 Å². The normalized spacial score (nSPS) is 22.1. The predicted molar refractivity (Wildman–Crippen MR) is 115 cm³/mol. The van der Waals surface area contributed by atoms with Crippen LogP contribution in [0.1, 0.15) is 42.9 Å². The molecule has 8 heteroatoms. The number of aliphatic hydroxyl groups is 1. The Morgan fingerprint density at radius 3 is 2.77 bits per heavy atom. The third-order valence-electron chi connectivity index (χ3n) is 6.32. The zero-order chi connectivity index (χ0) is 20.7. The Balaban J connectivity index is 1.46. The van der Waals surface area contributed by atoms with Gasteiger partial charge in [-0.05, 0) is 62.4 Å². The Hall–Kier alpha value is -2.71. The van der Waals surface area contributed by atoms with Crippen molar-refractivity contribution in [2.45, 2.75) is 50.8 Å². The van der Waals surface area contributed by atoms with Crippen molar-refractivity contribution in [3.63, 3.8) is 0 Å². The first kappa shape index (κ1) is 19.3. The van der Waals surface area contributed by atoms with E-state index in [2.05, 4.69) is 39.5 Å². The first-order chi connectivity index (χ1) is 14.6. The van der Waals surface area contributed by atoms with E-state index in [0.29, 0.717) is 5.95 Å². The summed E-state index contributed by atoms with van der Waals surface area (Å²) in [5, 5.41) is 18.7. The fourth-order valence-electron chi connectivity index (χ4n) is 4.58. The quantitative estimate of drug-likeness (QED) is 0.686. The summed E-state index contributed by atoms with van der Waals surface area (Å²) in [4.78, 5) is 11.6. The SMILES string of the molecule is COc1cc2c(cc1Nc1ncc3cnn([C@H]4CC[C@H](O)CC4)c3n1)CN(C)CC2. The monoisotopic (exact) mass is 408 g/mol. The van der Waals surface area contributed by atoms with Crippen LogP contribution in [0, 0.1) is 0 Å². The molecule has 2 aliphatic rings. The fraction of sp³-hybridized carbons (Fsp3) is 0.500. The van der Waals surface area contributed by atoms with Crippen LogP contribution in [0.3, 0.4) is 0 Å². The Labute approximate surface area is 175 Å². The lowest BCUT2D eigenvalue weighted by Crippen LogP contribution is -2.26. The molecule has 3 aromatic rings. The maximum Gasteiger partial charge on any atom is 0.229 e. The highest BCUT2D eigenvalue weighted by atomic mass is 16.5.